The van der Waals surface area contributed by atoms with E-state index in [9.17, 15) is 35.9 Å². The molecule has 0 radical (unpaired) electrons. The average molecular weight is 605 g/mol. The molecule has 0 saturated heterocycles. The first-order chi connectivity index (χ1) is 20.4. The number of anilines is 1. The zero-order valence-electron chi connectivity index (χ0n) is 22.0. The van der Waals surface area contributed by atoms with Gasteiger partial charge >= 0.3 is 12.4 Å². The van der Waals surface area contributed by atoms with Gasteiger partial charge in [-0.05, 0) is 29.3 Å². The molecule has 6 rings (SSSR count). The molecule has 4 heterocycles. The van der Waals surface area contributed by atoms with Gasteiger partial charge in [-0.25, -0.2) is 5.10 Å². The Bertz CT molecular complexity index is 1750. The molecular formula is C27H21F6N7O3. The number of carbonyl (C=O) groups excluding carboxylic acids is 1. The highest BCUT2D eigenvalue weighted by Gasteiger charge is 2.42. The summed E-state index contributed by atoms with van der Waals surface area (Å²) in [5, 5.41) is 12.2. The molecule has 2 aromatic heterocycles. The van der Waals surface area contributed by atoms with Gasteiger partial charge in [0.05, 0.1) is 24.5 Å². The molecule has 0 fully saturated rings. The number of ether oxygens (including phenoxy) is 1. The second-order valence-electron chi connectivity index (χ2n) is 9.95. The Kier molecular flexibility index (Phi) is 6.85. The van der Waals surface area contributed by atoms with Gasteiger partial charge in [0.25, 0.3) is 11.5 Å². The summed E-state index contributed by atoms with van der Waals surface area (Å²) in [4.78, 5) is 28.1. The van der Waals surface area contributed by atoms with E-state index in [2.05, 4.69) is 15.3 Å². The number of nitrogens with zero attached hydrogens (tertiary/aromatic N) is 6. The number of carbonyl (C=O) groups is 1. The molecule has 10 nitrogen and oxygen atoms in total. The fourth-order valence-electron chi connectivity index (χ4n) is 5.40. The lowest BCUT2D eigenvalue weighted by atomic mass is 10.1. The molecule has 0 bridgehead atoms. The van der Waals surface area contributed by atoms with Crippen LogP contribution in [0, 0.1) is 0 Å². The standard InChI is InChI=1S/C27H21F6N7O3/c28-26(29,30)22-19(11-34-36-23(22)41)40-12-16-4-1-2-7-18(16)20(40)14-43-17-6-3-5-15(10-17)24(42)38-8-9-39-21(13-38)35-37-25(39)27(31,32)33/h1-7,10-11,20H,8-9,12-14H2,(H,36,41)/t20-/m0/s1. The topological polar surface area (TPSA) is 109 Å². The Balaban J connectivity index is 1.22. The van der Waals surface area contributed by atoms with E-state index in [1.54, 1.807) is 36.4 Å². The molecule has 224 valence electrons. The molecule has 0 unspecified atom stereocenters. The minimum absolute atomic E-state index is 0.00234. The minimum Gasteiger partial charge on any atom is -0.491 e. The van der Waals surface area contributed by atoms with Crippen LogP contribution in [0.3, 0.4) is 0 Å². The van der Waals surface area contributed by atoms with E-state index >= 15 is 0 Å². The van der Waals surface area contributed by atoms with E-state index < -0.39 is 46.9 Å². The predicted octanol–water partition coefficient (Wildman–Crippen LogP) is 4.20. The number of aromatic nitrogens is 5. The van der Waals surface area contributed by atoms with Crippen molar-refractivity contribution in [1.29, 1.82) is 0 Å². The first kappa shape index (κ1) is 28.2. The largest absolute Gasteiger partial charge is 0.491 e. The number of fused-ring (bicyclic) bond motifs is 2. The predicted molar refractivity (Wildman–Crippen MR) is 137 cm³/mol. The quantitative estimate of drug-likeness (QED) is 0.340. The van der Waals surface area contributed by atoms with Crippen molar-refractivity contribution in [3.05, 3.63) is 99.0 Å². The summed E-state index contributed by atoms with van der Waals surface area (Å²) in [6.07, 6.45) is -8.64. The smallest absolute Gasteiger partial charge is 0.451 e. The summed E-state index contributed by atoms with van der Waals surface area (Å²) in [5.74, 6) is -1.34. The van der Waals surface area contributed by atoms with E-state index in [1.807, 2.05) is 5.10 Å². The Labute approximate surface area is 238 Å². The monoisotopic (exact) mass is 605 g/mol. The number of amides is 1. The summed E-state index contributed by atoms with van der Waals surface area (Å²) >= 11 is 0. The van der Waals surface area contributed by atoms with Gasteiger partial charge in [0.1, 0.15) is 17.9 Å². The summed E-state index contributed by atoms with van der Waals surface area (Å²) in [6.45, 7) is -0.365. The summed E-state index contributed by atoms with van der Waals surface area (Å²) in [5.41, 5.74) is -1.47. The van der Waals surface area contributed by atoms with Crippen molar-refractivity contribution < 1.29 is 35.9 Å². The first-order valence-electron chi connectivity index (χ1n) is 12.9. The van der Waals surface area contributed by atoms with Gasteiger partial charge in [0.15, 0.2) is 5.82 Å². The molecule has 1 atom stereocenters. The normalized spacial score (nSPS) is 16.7. The molecule has 1 amide bonds. The van der Waals surface area contributed by atoms with E-state index in [0.29, 0.717) is 5.56 Å². The minimum atomic E-state index is -4.93. The van der Waals surface area contributed by atoms with Crippen molar-refractivity contribution in [1.82, 2.24) is 29.9 Å². The van der Waals surface area contributed by atoms with E-state index in [1.165, 1.54) is 21.9 Å². The highest BCUT2D eigenvalue weighted by Crippen LogP contribution is 2.42. The van der Waals surface area contributed by atoms with Crippen molar-refractivity contribution in [3.63, 3.8) is 0 Å². The summed E-state index contributed by atoms with van der Waals surface area (Å²) in [7, 11) is 0. The number of H-pyrrole nitrogens is 1. The molecule has 4 aromatic rings. The van der Waals surface area contributed by atoms with Crippen LogP contribution < -0.4 is 15.2 Å². The van der Waals surface area contributed by atoms with Crippen LogP contribution in [0.4, 0.5) is 32.0 Å². The highest BCUT2D eigenvalue weighted by atomic mass is 19.4. The lowest BCUT2D eigenvalue weighted by molar-refractivity contribution is -0.148. The maximum atomic E-state index is 13.9. The van der Waals surface area contributed by atoms with Gasteiger partial charge in [0.2, 0.25) is 5.82 Å². The Morgan fingerprint density at radius 1 is 0.977 bits per heavy atom. The van der Waals surface area contributed by atoms with Crippen LogP contribution in [0.2, 0.25) is 0 Å². The number of rotatable bonds is 5. The molecule has 0 aliphatic carbocycles. The number of nitrogens with one attached hydrogen (secondary N) is 1. The van der Waals surface area contributed by atoms with Crippen molar-refractivity contribution in [2.45, 2.75) is 38.0 Å². The second-order valence-corrected chi connectivity index (χ2v) is 9.95. The number of halogens is 6. The Morgan fingerprint density at radius 3 is 2.53 bits per heavy atom. The molecule has 0 spiro atoms. The maximum Gasteiger partial charge on any atom is 0.451 e. The second kappa shape index (κ2) is 10.4. The fraction of sp³-hybridized carbons (Fsp3) is 0.296. The zero-order chi connectivity index (χ0) is 30.5. The molecular weight excluding hydrogens is 584 g/mol. The number of alkyl halides is 6. The van der Waals surface area contributed by atoms with Gasteiger partial charge in [-0.15, -0.1) is 10.2 Å². The SMILES string of the molecule is O=C(c1cccc(OC[C@H]2c3ccccc3CN2c2cn[nH]c(=O)c2C(F)(F)F)c1)N1CCn2c(nnc2C(F)(F)F)C1. The van der Waals surface area contributed by atoms with Gasteiger partial charge in [-0.1, -0.05) is 30.3 Å². The van der Waals surface area contributed by atoms with Crippen LogP contribution in [-0.4, -0.2) is 48.9 Å². The van der Waals surface area contributed by atoms with E-state index in [4.69, 9.17) is 4.74 Å². The summed E-state index contributed by atoms with van der Waals surface area (Å²) < 4.78 is 88.0. The average Bonchev–Trinajstić information content (AvgIpc) is 3.56. The molecule has 1 N–H and O–H groups in total. The number of aromatic amines is 1. The van der Waals surface area contributed by atoms with Gasteiger partial charge in [-0.2, -0.15) is 31.4 Å². The molecule has 0 saturated carbocycles. The van der Waals surface area contributed by atoms with Crippen molar-refractivity contribution in [2.24, 2.45) is 0 Å². The van der Waals surface area contributed by atoms with Crippen molar-refractivity contribution >= 4 is 11.6 Å². The van der Waals surface area contributed by atoms with Crippen molar-refractivity contribution in [3.8, 4) is 5.75 Å². The molecule has 2 aliphatic heterocycles. The van der Waals surface area contributed by atoms with Crippen LogP contribution in [0.1, 0.15) is 44.7 Å². The molecule has 2 aliphatic rings. The molecule has 2 aromatic carbocycles. The van der Waals surface area contributed by atoms with Gasteiger partial charge < -0.3 is 19.1 Å². The number of hydrogen-bond donors (Lipinski definition) is 1. The van der Waals surface area contributed by atoms with Crippen LogP contribution in [0.5, 0.6) is 5.75 Å². The van der Waals surface area contributed by atoms with Crippen LogP contribution in [-0.2, 0) is 32.0 Å². The lowest BCUT2D eigenvalue weighted by Gasteiger charge is -2.29. The fourth-order valence-corrected chi connectivity index (χ4v) is 5.40. The van der Waals surface area contributed by atoms with E-state index in [0.717, 1.165) is 16.3 Å². The Hall–Kier alpha value is -4.89. The van der Waals surface area contributed by atoms with Gasteiger partial charge in [0, 0.05) is 25.2 Å². The zero-order valence-corrected chi connectivity index (χ0v) is 22.0. The number of benzene rings is 2. The highest BCUT2D eigenvalue weighted by molar-refractivity contribution is 5.94. The van der Waals surface area contributed by atoms with Crippen LogP contribution in [0.25, 0.3) is 0 Å². The molecule has 43 heavy (non-hydrogen) atoms. The molecule has 16 heteroatoms. The third-order valence-electron chi connectivity index (χ3n) is 7.34. The third kappa shape index (κ3) is 5.28. The Morgan fingerprint density at radius 2 is 1.77 bits per heavy atom. The van der Waals surface area contributed by atoms with Crippen LogP contribution in [0.15, 0.2) is 59.5 Å². The maximum absolute atomic E-state index is 13.9. The lowest BCUT2D eigenvalue weighted by Crippen LogP contribution is -2.39. The van der Waals surface area contributed by atoms with Gasteiger partial charge in [-0.3, -0.25) is 9.59 Å². The summed E-state index contributed by atoms with van der Waals surface area (Å²) in [6, 6.07) is 12.4. The number of hydrogen-bond acceptors (Lipinski definition) is 7. The first-order valence-corrected chi connectivity index (χ1v) is 12.9. The third-order valence-corrected chi connectivity index (χ3v) is 7.34. The van der Waals surface area contributed by atoms with Crippen LogP contribution >= 0.6 is 0 Å². The van der Waals surface area contributed by atoms with E-state index in [-0.39, 0.29) is 49.9 Å². The van der Waals surface area contributed by atoms with Crippen molar-refractivity contribution in [2.75, 3.05) is 18.1 Å².